The Balaban J connectivity index is 2.78. The summed E-state index contributed by atoms with van der Waals surface area (Å²) in [5.74, 6) is -0.582. The van der Waals surface area contributed by atoms with E-state index in [1.807, 2.05) is 30.3 Å². The van der Waals surface area contributed by atoms with E-state index in [0.29, 0.717) is 19.4 Å². The molecule has 1 unspecified atom stereocenters. The van der Waals surface area contributed by atoms with Crippen molar-refractivity contribution >= 4 is 12.3 Å². The monoisotopic (exact) mass is 220 g/mol. The second kappa shape index (κ2) is 6.77. The van der Waals surface area contributed by atoms with E-state index in [0.717, 1.165) is 11.8 Å². The summed E-state index contributed by atoms with van der Waals surface area (Å²) in [4.78, 5) is 22.1. The molecule has 1 aromatic rings. The molecule has 1 atom stereocenters. The third-order valence-corrected chi connectivity index (χ3v) is 2.35. The number of carbonyl (C=O) groups excluding carboxylic acids is 2. The lowest BCUT2D eigenvalue weighted by Gasteiger charge is -2.14. The molecule has 86 valence electrons. The van der Waals surface area contributed by atoms with Crippen LogP contribution in [0.2, 0.25) is 0 Å². The molecule has 0 radical (unpaired) electrons. The highest BCUT2D eigenvalue weighted by Gasteiger charge is 2.20. The number of esters is 1. The Labute approximate surface area is 95.4 Å². The average Bonchev–Trinajstić information content (AvgIpc) is 2.31. The topological polar surface area (TPSA) is 43.4 Å². The zero-order chi connectivity index (χ0) is 11.8. The average molecular weight is 220 g/mol. The van der Waals surface area contributed by atoms with Gasteiger partial charge >= 0.3 is 5.97 Å². The number of rotatable bonds is 6. The van der Waals surface area contributed by atoms with Crippen molar-refractivity contribution < 1.29 is 14.3 Å². The first kappa shape index (κ1) is 12.4. The lowest BCUT2D eigenvalue weighted by molar-refractivity contribution is -0.145. The quantitative estimate of drug-likeness (QED) is 0.545. The number of aldehydes is 1. The van der Waals surface area contributed by atoms with Gasteiger partial charge in [-0.2, -0.15) is 0 Å². The van der Waals surface area contributed by atoms with Gasteiger partial charge in [0.05, 0.1) is 12.5 Å². The van der Waals surface area contributed by atoms with Crippen molar-refractivity contribution in [1.82, 2.24) is 0 Å². The zero-order valence-corrected chi connectivity index (χ0v) is 9.39. The van der Waals surface area contributed by atoms with Crippen LogP contribution in [0.1, 0.15) is 31.2 Å². The molecule has 1 rings (SSSR count). The summed E-state index contributed by atoms with van der Waals surface area (Å²) in [6, 6.07) is 9.41. The Morgan fingerprint density at radius 2 is 2.06 bits per heavy atom. The van der Waals surface area contributed by atoms with E-state index >= 15 is 0 Å². The second-order valence-electron chi connectivity index (χ2n) is 3.46. The van der Waals surface area contributed by atoms with Crippen LogP contribution in [0, 0.1) is 0 Å². The molecule has 0 saturated carbocycles. The predicted molar refractivity (Wildman–Crippen MR) is 61.1 cm³/mol. The van der Waals surface area contributed by atoms with Crippen molar-refractivity contribution in [1.29, 1.82) is 0 Å². The summed E-state index contributed by atoms with van der Waals surface area (Å²) in [5.41, 5.74) is 0.905. The Hall–Kier alpha value is -1.64. The van der Waals surface area contributed by atoms with Crippen LogP contribution in [-0.2, 0) is 14.3 Å². The SMILES string of the molecule is CCOC(=O)C(CCC=O)c1ccccc1. The Morgan fingerprint density at radius 1 is 1.38 bits per heavy atom. The molecule has 0 spiro atoms. The van der Waals surface area contributed by atoms with Gasteiger partial charge in [-0.25, -0.2) is 0 Å². The first-order valence-corrected chi connectivity index (χ1v) is 5.44. The van der Waals surface area contributed by atoms with E-state index < -0.39 is 0 Å². The number of hydrogen-bond acceptors (Lipinski definition) is 3. The highest BCUT2D eigenvalue weighted by Crippen LogP contribution is 2.22. The molecule has 0 aliphatic heterocycles. The molecule has 0 bridgehead atoms. The normalized spacial score (nSPS) is 11.8. The fourth-order valence-electron chi connectivity index (χ4n) is 1.58. The van der Waals surface area contributed by atoms with Gasteiger partial charge in [-0.3, -0.25) is 4.79 Å². The molecule has 0 amide bonds. The summed E-state index contributed by atoms with van der Waals surface area (Å²) in [6.07, 6.45) is 1.71. The van der Waals surface area contributed by atoms with Crippen LogP contribution < -0.4 is 0 Å². The lowest BCUT2D eigenvalue weighted by Crippen LogP contribution is -2.16. The molecule has 0 aliphatic carbocycles. The van der Waals surface area contributed by atoms with Gasteiger partial charge in [0.1, 0.15) is 6.29 Å². The molecular weight excluding hydrogens is 204 g/mol. The highest BCUT2D eigenvalue weighted by molar-refractivity contribution is 5.78. The van der Waals surface area contributed by atoms with Crippen LogP contribution in [0.4, 0.5) is 0 Å². The van der Waals surface area contributed by atoms with Crippen LogP contribution in [-0.4, -0.2) is 18.9 Å². The summed E-state index contributed by atoms with van der Waals surface area (Å²) in [7, 11) is 0. The minimum absolute atomic E-state index is 0.254. The van der Waals surface area contributed by atoms with Gasteiger partial charge < -0.3 is 9.53 Å². The molecular formula is C13H16O3. The lowest BCUT2D eigenvalue weighted by atomic mass is 9.95. The maximum atomic E-state index is 11.7. The molecule has 3 heteroatoms. The molecule has 1 aromatic carbocycles. The zero-order valence-electron chi connectivity index (χ0n) is 9.39. The maximum Gasteiger partial charge on any atom is 0.313 e. The van der Waals surface area contributed by atoms with E-state index in [-0.39, 0.29) is 11.9 Å². The first-order chi connectivity index (χ1) is 7.79. The van der Waals surface area contributed by atoms with Crippen molar-refractivity contribution in [2.24, 2.45) is 0 Å². The van der Waals surface area contributed by atoms with E-state index in [4.69, 9.17) is 4.74 Å². The molecule has 0 aromatic heterocycles. The maximum absolute atomic E-state index is 11.7. The van der Waals surface area contributed by atoms with E-state index in [2.05, 4.69) is 0 Å². The van der Waals surface area contributed by atoms with Crippen molar-refractivity contribution in [3.05, 3.63) is 35.9 Å². The fourth-order valence-corrected chi connectivity index (χ4v) is 1.58. The summed E-state index contributed by atoms with van der Waals surface area (Å²) in [5, 5.41) is 0. The second-order valence-corrected chi connectivity index (χ2v) is 3.46. The molecule has 0 aliphatic rings. The van der Waals surface area contributed by atoms with Crippen LogP contribution in [0.15, 0.2) is 30.3 Å². The van der Waals surface area contributed by atoms with Crippen LogP contribution >= 0.6 is 0 Å². The Morgan fingerprint density at radius 3 is 2.62 bits per heavy atom. The minimum atomic E-state index is -0.327. The molecule has 3 nitrogen and oxygen atoms in total. The highest BCUT2D eigenvalue weighted by atomic mass is 16.5. The van der Waals surface area contributed by atoms with Gasteiger partial charge in [0.25, 0.3) is 0 Å². The smallest absolute Gasteiger partial charge is 0.313 e. The van der Waals surface area contributed by atoms with E-state index in [1.165, 1.54) is 0 Å². The van der Waals surface area contributed by atoms with Gasteiger partial charge in [-0.1, -0.05) is 30.3 Å². The number of ether oxygens (including phenoxy) is 1. The standard InChI is InChI=1S/C13H16O3/c1-2-16-13(15)12(9-6-10-14)11-7-4-3-5-8-11/h3-5,7-8,10,12H,2,6,9H2,1H3. The van der Waals surface area contributed by atoms with Crippen molar-refractivity contribution in [3.8, 4) is 0 Å². The number of hydrogen-bond donors (Lipinski definition) is 0. The predicted octanol–water partition coefficient (Wildman–Crippen LogP) is 2.31. The first-order valence-electron chi connectivity index (χ1n) is 5.44. The Kier molecular flexibility index (Phi) is 5.26. The van der Waals surface area contributed by atoms with Crippen LogP contribution in [0.25, 0.3) is 0 Å². The molecule has 0 fully saturated rings. The van der Waals surface area contributed by atoms with E-state index in [1.54, 1.807) is 6.92 Å². The Bertz CT molecular complexity index is 332. The van der Waals surface area contributed by atoms with Gasteiger partial charge in [0, 0.05) is 6.42 Å². The van der Waals surface area contributed by atoms with Gasteiger partial charge in [-0.15, -0.1) is 0 Å². The van der Waals surface area contributed by atoms with Crippen LogP contribution in [0.3, 0.4) is 0 Å². The fraction of sp³-hybridized carbons (Fsp3) is 0.385. The molecule has 0 N–H and O–H groups in total. The van der Waals surface area contributed by atoms with Crippen LogP contribution in [0.5, 0.6) is 0 Å². The largest absolute Gasteiger partial charge is 0.466 e. The third kappa shape index (κ3) is 3.50. The van der Waals surface area contributed by atoms with Crippen molar-refractivity contribution in [2.75, 3.05) is 6.61 Å². The number of carbonyl (C=O) groups is 2. The summed E-state index contributed by atoms with van der Waals surface area (Å²) < 4.78 is 5.00. The number of benzene rings is 1. The molecule has 0 saturated heterocycles. The summed E-state index contributed by atoms with van der Waals surface area (Å²) in [6.45, 7) is 2.14. The third-order valence-electron chi connectivity index (χ3n) is 2.35. The summed E-state index contributed by atoms with van der Waals surface area (Å²) >= 11 is 0. The minimum Gasteiger partial charge on any atom is -0.466 e. The van der Waals surface area contributed by atoms with Crippen molar-refractivity contribution in [3.63, 3.8) is 0 Å². The van der Waals surface area contributed by atoms with Gasteiger partial charge in [0.15, 0.2) is 0 Å². The van der Waals surface area contributed by atoms with Gasteiger partial charge in [-0.05, 0) is 18.9 Å². The molecule has 16 heavy (non-hydrogen) atoms. The van der Waals surface area contributed by atoms with Gasteiger partial charge in [0.2, 0.25) is 0 Å². The van der Waals surface area contributed by atoms with E-state index in [9.17, 15) is 9.59 Å². The van der Waals surface area contributed by atoms with Crippen molar-refractivity contribution in [2.45, 2.75) is 25.7 Å². The molecule has 0 heterocycles.